The van der Waals surface area contributed by atoms with Crippen molar-refractivity contribution in [1.29, 1.82) is 0 Å². The van der Waals surface area contributed by atoms with Gasteiger partial charge < -0.3 is 14.8 Å². The molecule has 0 atom stereocenters. The van der Waals surface area contributed by atoms with Crippen LogP contribution in [0.3, 0.4) is 0 Å². The molecule has 0 saturated carbocycles. The van der Waals surface area contributed by atoms with E-state index in [9.17, 15) is 26.3 Å². The van der Waals surface area contributed by atoms with Crippen LogP contribution in [0.15, 0.2) is 18.2 Å². The van der Waals surface area contributed by atoms with Crippen molar-refractivity contribution < 1.29 is 35.8 Å². The van der Waals surface area contributed by atoms with E-state index < -0.39 is 24.9 Å². The van der Waals surface area contributed by atoms with Gasteiger partial charge in [-0.2, -0.15) is 13.2 Å². The van der Waals surface area contributed by atoms with E-state index in [0.717, 1.165) is 18.2 Å². The zero-order chi connectivity index (χ0) is 17.1. The number of piperidine rings is 1. The van der Waals surface area contributed by atoms with E-state index in [4.69, 9.17) is 4.74 Å². The van der Waals surface area contributed by atoms with Gasteiger partial charge in [-0.1, -0.05) is 0 Å². The molecule has 0 radical (unpaired) electrons. The van der Waals surface area contributed by atoms with Crippen LogP contribution < -0.4 is 14.8 Å². The lowest BCUT2D eigenvalue weighted by Crippen LogP contribution is -2.27. The number of halogens is 6. The summed E-state index contributed by atoms with van der Waals surface area (Å²) >= 11 is 0. The summed E-state index contributed by atoms with van der Waals surface area (Å²) in [6.07, 6.45) is -8.19. The van der Waals surface area contributed by atoms with Gasteiger partial charge in [-0.15, -0.1) is 13.2 Å². The highest BCUT2D eigenvalue weighted by Gasteiger charge is 2.33. The van der Waals surface area contributed by atoms with Crippen LogP contribution in [0.5, 0.6) is 11.5 Å². The molecule has 0 unspecified atom stereocenters. The molecule has 1 fully saturated rings. The second-order valence-electron chi connectivity index (χ2n) is 5.18. The second-order valence-corrected chi connectivity index (χ2v) is 5.18. The third-order valence-corrected chi connectivity index (χ3v) is 3.39. The first-order valence-corrected chi connectivity index (χ1v) is 6.94. The van der Waals surface area contributed by atoms with Crippen LogP contribution in [0.1, 0.15) is 24.3 Å². The first-order valence-electron chi connectivity index (χ1n) is 6.94. The van der Waals surface area contributed by atoms with Crippen LogP contribution in [-0.4, -0.2) is 32.2 Å². The molecule has 2 rings (SSSR count). The molecule has 1 aromatic carbocycles. The summed E-state index contributed by atoms with van der Waals surface area (Å²) in [5, 5.41) is 3.08. The highest BCUT2D eigenvalue weighted by molar-refractivity contribution is 5.43. The van der Waals surface area contributed by atoms with E-state index in [-0.39, 0.29) is 11.7 Å². The number of ether oxygens (including phenoxy) is 2. The predicted molar refractivity (Wildman–Crippen MR) is 69.5 cm³/mol. The van der Waals surface area contributed by atoms with Gasteiger partial charge in [-0.3, -0.25) is 0 Å². The largest absolute Gasteiger partial charge is 0.573 e. The molecule has 3 nitrogen and oxygen atoms in total. The Bertz CT molecular complexity index is 523. The van der Waals surface area contributed by atoms with Gasteiger partial charge in [-0.05, 0) is 50.0 Å². The summed E-state index contributed by atoms with van der Waals surface area (Å²) in [7, 11) is 0. The Hall–Kier alpha value is -1.64. The lowest BCUT2D eigenvalue weighted by atomic mass is 9.89. The zero-order valence-corrected chi connectivity index (χ0v) is 11.9. The Kier molecular flexibility index (Phi) is 5.28. The van der Waals surface area contributed by atoms with Crippen LogP contribution >= 0.6 is 0 Å². The molecule has 1 aromatic rings. The monoisotopic (exact) mass is 343 g/mol. The number of rotatable bonds is 4. The molecule has 23 heavy (non-hydrogen) atoms. The fourth-order valence-electron chi connectivity index (χ4n) is 2.47. The molecule has 0 aromatic heterocycles. The molecule has 1 aliphatic heterocycles. The average Bonchev–Trinajstić information content (AvgIpc) is 2.44. The SMILES string of the molecule is FC(F)(F)COc1ccc(OC(F)(F)F)cc1C1CCNCC1. The molecular formula is C14H15F6NO2. The first kappa shape index (κ1) is 17.7. The smallest absolute Gasteiger partial charge is 0.484 e. The number of nitrogens with one attached hydrogen (secondary N) is 1. The third kappa shape index (κ3) is 5.81. The number of hydrogen-bond acceptors (Lipinski definition) is 3. The van der Waals surface area contributed by atoms with Gasteiger partial charge in [0, 0.05) is 5.56 Å². The van der Waals surface area contributed by atoms with Crippen molar-refractivity contribution in [2.75, 3.05) is 19.7 Å². The first-order chi connectivity index (χ1) is 10.6. The molecular weight excluding hydrogens is 328 g/mol. The van der Waals surface area contributed by atoms with E-state index in [1.54, 1.807) is 0 Å². The number of hydrogen-bond donors (Lipinski definition) is 1. The summed E-state index contributed by atoms with van der Waals surface area (Å²) in [6.45, 7) is -0.230. The molecule has 0 bridgehead atoms. The molecule has 9 heteroatoms. The van der Waals surface area contributed by atoms with Crippen LogP contribution in [0, 0.1) is 0 Å². The summed E-state index contributed by atoms with van der Waals surface area (Å²) in [4.78, 5) is 0. The van der Waals surface area contributed by atoms with Crippen molar-refractivity contribution in [2.24, 2.45) is 0 Å². The summed E-state index contributed by atoms with van der Waals surface area (Å²) < 4.78 is 82.4. The molecule has 1 aliphatic rings. The van der Waals surface area contributed by atoms with Crippen LogP contribution in [0.2, 0.25) is 0 Å². The van der Waals surface area contributed by atoms with E-state index in [1.165, 1.54) is 0 Å². The number of alkyl halides is 6. The van der Waals surface area contributed by atoms with Crippen molar-refractivity contribution in [3.63, 3.8) is 0 Å². The van der Waals surface area contributed by atoms with Gasteiger partial charge in [0.15, 0.2) is 6.61 Å². The topological polar surface area (TPSA) is 30.5 Å². The van der Waals surface area contributed by atoms with Crippen molar-refractivity contribution in [1.82, 2.24) is 5.32 Å². The van der Waals surface area contributed by atoms with Crippen LogP contribution in [0.4, 0.5) is 26.3 Å². The van der Waals surface area contributed by atoms with Gasteiger partial charge in [0.05, 0.1) is 0 Å². The van der Waals surface area contributed by atoms with Crippen molar-refractivity contribution in [3.05, 3.63) is 23.8 Å². The minimum Gasteiger partial charge on any atom is -0.484 e. The zero-order valence-electron chi connectivity index (χ0n) is 11.9. The van der Waals surface area contributed by atoms with E-state index >= 15 is 0 Å². The fourth-order valence-corrected chi connectivity index (χ4v) is 2.47. The van der Waals surface area contributed by atoms with E-state index in [1.807, 2.05) is 0 Å². The lowest BCUT2D eigenvalue weighted by molar-refractivity contribution is -0.274. The molecule has 130 valence electrons. The minimum atomic E-state index is -4.86. The van der Waals surface area contributed by atoms with Crippen LogP contribution in [-0.2, 0) is 0 Å². The van der Waals surface area contributed by atoms with E-state index in [2.05, 4.69) is 10.1 Å². The maximum atomic E-state index is 12.3. The summed E-state index contributed by atoms with van der Waals surface area (Å²) in [6, 6.07) is 3.14. The Morgan fingerprint density at radius 2 is 1.70 bits per heavy atom. The highest BCUT2D eigenvalue weighted by atomic mass is 19.4. The highest BCUT2D eigenvalue weighted by Crippen LogP contribution is 2.37. The third-order valence-electron chi connectivity index (χ3n) is 3.39. The number of benzene rings is 1. The average molecular weight is 343 g/mol. The predicted octanol–water partition coefficient (Wildman–Crippen LogP) is 3.99. The Balaban J connectivity index is 2.25. The summed E-state index contributed by atoms with van der Waals surface area (Å²) in [5.74, 6) is -0.717. The second kappa shape index (κ2) is 6.86. The molecule has 0 spiro atoms. The summed E-state index contributed by atoms with van der Waals surface area (Å²) in [5.41, 5.74) is 0.303. The maximum absolute atomic E-state index is 12.3. The molecule has 0 aliphatic carbocycles. The quantitative estimate of drug-likeness (QED) is 0.839. The Morgan fingerprint density at radius 1 is 1.04 bits per heavy atom. The van der Waals surface area contributed by atoms with Crippen molar-refractivity contribution in [3.8, 4) is 11.5 Å². The lowest BCUT2D eigenvalue weighted by Gasteiger charge is -2.25. The van der Waals surface area contributed by atoms with Crippen molar-refractivity contribution >= 4 is 0 Å². The van der Waals surface area contributed by atoms with Gasteiger partial charge >= 0.3 is 12.5 Å². The molecule has 1 heterocycles. The molecule has 1 N–H and O–H groups in total. The standard InChI is InChI=1S/C14H15F6NO2/c15-13(16,17)8-22-12-2-1-10(23-14(18,19)20)7-11(12)9-3-5-21-6-4-9/h1-2,7,9,21H,3-6,8H2. The van der Waals surface area contributed by atoms with Crippen LogP contribution in [0.25, 0.3) is 0 Å². The Morgan fingerprint density at radius 3 is 2.26 bits per heavy atom. The van der Waals surface area contributed by atoms with Gasteiger partial charge in [0.2, 0.25) is 0 Å². The van der Waals surface area contributed by atoms with E-state index in [0.29, 0.717) is 31.5 Å². The van der Waals surface area contributed by atoms with Crippen molar-refractivity contribution in [2.45, 2.75) is 31.3 Å². The minimum absolute atomic E-state index is 0.0660. The van der Waals surface area contributed by atoms with Gasteiger partial charge in [0.25, 0.3) is 0 Å². The maximum Gasteiger partial charge on any atom is 0.573 e. The molecule has 0 amide bonds. The normalized spacial score (nSPS) is 17.1. The van der Waals surface area contributed by atoms with Gasteiger partial charge in [0.1, 0.15) is 11.5 Å². The molecule has 1 saturated heterocycles. The van der Waals surface area contributed by atoms with Gasteiger partial charge in [-0.25, -0.2) is 0 Å². The Labute approximate surface area is 128 Å². The fraction of sp³-hybridized carbons (Fsp3) is 0.571.